The number of ether oxygens (including phenoxy) is 1. The van der Waals surface area contributed by atoms with Crippen LogP contribution in [0.4, 0.5) is 0 Å². The molecule has 0 amide bonds. The molecule has 0 fully saturated rings. The lowest BCUT2D eigenvalue weighted by atomic mass is 10.3. The molecule has 0 unspecified atom stereocenters. The molecule has 2 rings (SSSR count). The van der Waals surface area contributed by atoms with E-state index in [1.54, 1.807) is 0 Å². The maximum absolute atomic E-state index is 6.08. The van der Waals surface area contributed by atoms with Crippen molar-refractivity contribution in [2.24, 2.45) is 0 Å². The molecule has 0 saturated carbocycles. The SMILES string of the molecule is Cc1nn(CCOc2ccc(Br)cc2)c(C)c1Cl. The van der Waals surface area contributed by atoms with Crippen LogP contribution < -0.4 is 4.74 Å². The van der Waals surface area contributed by atoms with E-state index in [0.29, 0.717) is 13.2 Å². The van der Waals surface area contributed by atoms with E-state index in [4.69, 9.17) is 16.3 Å². The number of rotatable bonds is 4. The fraction of sp³-hybridized carbons (Fsp3) is 0.308. The average molecular weight is 330 g/mol. The number of hydrogen-bond donors (Lipinski definition) is 0. The van der Waals surface area contributed by atoms with Crippen molar-refractivity contribution >= 4 is 27.5 Å². The van der Waals surface area contributed by atoms with Crippen LogP contribution in [0, 0.1) is 13.8 Å². The molecule has 0 atom stereocenters. The van der Waals surface area contributed by atoms with Gasteiger partial charge in [-0.3, -0.25) is 4.68 Å². The molecule has 0 aliphatic rings. The maximum atomic E-state index is 6.08. The molecule has 96 valence electrons. The van der Waals surface area contributed by atoms with Crippen molar-refractivity contribution in [3.63, 3.8) is 0 Å². The Morgan fingerprint density at radius 2 is 1.94 bits per heavy atom. The lowest BCUT2D eigenvalue weighted by Gasteiger charge is -2.07. The van der Waals surface area contributed by atoms with E-state index in [-0.39, 0.29) is 0 Å². The number of nitrogens with zero attached hydrogens (tertiary/aromatic N) is 2. The van der Waals surface area contributed by atoms with Gasteiger partial charge < -0.3 is 4.74 Å². The Hall–Kier alpha value is -1.00. The van der Waals surface area contributed by atoms with Crippen LogP contribution in [-0.2, 0) is 6.54 Å². The summed E-state index contributed by atoms with van der Waals surface area (Å²) in [4.78, 5) is 0. The van der Waals surface area contributed by atoms with Crippen molar-refractivity contribution in [3.05, 3.63) is 45.1 Å². The first kappa shape index (κ1) is 13.4. The summed E-state index contributed by atoms with van der Waals surface area (Å²) >= 11 is 9.47. The van der Waals surface area contributed by atoms with Crippen molar-refractivity contribution in [1.29, 1.82) is 0 Å². The second kappa shape index (κ2) is 5.76. The fourth-order valence-corrected chi connectivity index (χ4v) is 2.07. The molecule has 0 aliphatic carbocycles. The first-order valence-electron chi connectivity index (χ1n) is 5.66. The fourth-order valence-electron chi connectivity index (χ4n) is 1.67. The van der Waals surface area contributed by atoms with Gasteiger partial charge in [-0.2, -0.15) is 5.10 Å². The largest absolute Gasteiger partial charge is 0.492 e. The minimum atomic E-state index is 0.569. The topological polar surface area (TPSA) is 27.1 Å². The van der Waals surface area contributed by atoms with Gasteiger partial charge in [0.25, 0.3) is 0 Å². The zero-order chi connectivity index (χ0) is 13.1. The maximum Gasteiger partial charge on any atom is 0.119 e. The second-order valence-electron chi connectivity index (χ2n) is 4.01. The van der Waals surface area contributed by atoms with Gasteiger partial charge in [0.05, 0.1) is 23.0 Å². The third-order valence-electron chi connectivity index (χ3n) is 2.68. The van der Waals surface area contributed by atoms with Crippen LogP contribution in [0.2, 0.25) is 5.02 Å². The Morgan fingerprint density at radius 1 is 1.28 bits per heavy atom. The van der Waals surface area contributed by atoms with Crippen molar-refractivity contribution in [2.75, 3.05) is 6.61 Å². The van der Waals surface area contributed by atoms with Crippen molar-refractivity contribution < 1.29 is 4.74 Å². The molecule has 0 aliphatic heterocycles. The molecule has 0 saturated heterocycles. The zero-order valence-corrected chi connectivity index (χ0v) is 12.6. The van der Waals surface area contributed by atoms with E-state index in [9.17, 15) is 0 Å². The molecular formula is C13H14BrClN2O. The summed E-state index contributed by atoms with van der Waals surface area (Å²) in [6.07, 6.45) is 0. The van der Waals surface area contributed by atoms with Crippen LogP contribution in [0.5, 0.6) is 5.75 Å². The number of hydrogen-bond acceptors (Lipinski definition) is 2. The molecule has 0 spiro atoms. The van der Waals surface area contributed by atoms with Gasteiger partial charge in [-0.15, -0.1) is 0 Å². The third kappa shape index (κ3) is 3.06. The minimum absolute atomic E-state index is 0.569. The smallest absolute Gasteiger partial charge is 0.119 e. The van der Waals surface area contributed by atoms with Gasteiger partial charge >= 0.3 is 0 Å². The molecule has 1 heterocycles. The molecule has 1 aromatic carbocycles. The standard InChI is InChI=1S/C13H14BrClN2O/c1-9-13(15)10(2)17(16-9)7-8-18-12-5-3-11(14)4-6-12/h3-6H,7-8H2,1-2H3. The van der Waals surface area contributed by atoms with Gasteiger partial charge in [0.1, 0.15) is 12.4 Å². The van der Waals surface area contributed by atoms with Crippen LogP contribution in [0.1, 0.15) is 11.4 Å². The van der Waals surface area contributed by atoms with Gasteiger partial charge in [0, 0.05) is 4.47 Å². The molecule has 5 heteroatoms. The van der Waals surface area contributed by atoms with Crippen molar-refractivity contribution in [1.82, 2.24) is 9.78 Å². The van der Waals surface area contributed by atoms with E-state index in [1.807, 2.05) is 42.8 Å². The lowest BCUT2D eigenvalue weighted by molar-refractivity contribution is 0.289. The summed E-state index contributed by atoms with van der Waals surface area (Å²) in [5.41, 5.74) is 1.84. The van der Waals surface area contributed by atoms with Gasteiger partial charge in [0.15, 0.2) is 0 Å². The van der Waals surface area contributed by atoms with Gasteiger partial charge in [-0.25, -0.2) is 0 Å². The molecule has 0 bridgehead atoms. The average Bonchev–Trinajstić information content (AvgIpc) is 2.60. The molecular weight excluding hydrogens is 316 g/mol. The van der Waals surface area contributed by atoms with E-state index in [1.165, 1.54) is 0 Å². The summed E-state index contributed by atoms with van der Waals surface area (Å²) < 4.78 is 8.56. The number of benzene rings is 1. The number of aromatic nitrogens is 2. The summed E-state index contributed by atoms with van der Waals surface area (Å²) in [6, 6.07) is 7.77. The van der Waals surface area contributed by atoms with E-state index in [0.717, 1.165) is 26.6 Å². The van der Waals surface area contributed by atoms with Crippen LogP contribution in [0.15, 0.2) is 28.7 Å². The molecule has 1 aromatic heterocycles. The van der Waals surface area contributed by atoms with Crippen LogP contribution in [0.3, 0.4) is 0 Å². The lowest BCUT2D eigenvalue weighted by Crippen LogP contribution is -2.10. The Labute approximate surface area is 120 Å². The zero-order valence-electron chi connectivity index (χ0n) is 10.3. The van der Waals surface area contributed by atoms with Crippen molar-refractivity contribution in [2.45, 2.75) is 20.4 Å². The number of halogens is 2. The first-order chi connectivity index (χ1) is 8.58. The highest BCUT2D eigenvalue weighted by molar-refractivity contribution is 9.10. The molecule has 0 radical (unpaired) electrons. The van der Waals surface area contributed by atoms with Crippen molar-refractivity contribution in [3.8, 4) is 5.75 Å². The molecule has 2 aromatic rings. The molecule has 3 nitrogen and oxygen atoms in total. The predicted molar refractivity (Wildman–Crippen MR) is 76.3 cm³/mol. The highest BCUT2D eigenvalue weighted by Gasteiger charge is 2.08. The van der Waals surface area contributed by atoms with E-state index < -0.39 is 0 Å². The minimum Gasteiger partial charge on any atom is -0.492 e. The second-order valence-corrected chi connectivity index (χ2v) is 5.30. The highest BCUT2D eigenvalue weighted by Crippen LogP contribution is 2.19. The summed E-state index contributed by atoms with van der Waals surface area (Å²) in [6.45, 7) is 5.12. The van der Waals surface area contributed by atoms with E-state index in [2.05, 4.69) is 21.0 Å². The summed E-state index contributed by atoms with van der Waals surface area (Å²) in [5.74, 6) is 0.853. The summed E-state index contributed by atoms with van der Waals surface area (Å²) in [7, 11) is 0. The molecule has 18 heavy (non-hydrogen) atoms. The first-order valence-corrected chi connectivity index (χ1v) is 6.83. The summed E-state index contributed by atoms with van der Waals surface area (Å²) in [5, 5.41) is 5.09. The number of aryl methyl sites for hydroxylation is 1. The Kier molecular flexibility index (Phi) is 4.30. The van der Waals surface area contributed by atoms with Gasteiger partial charge in [0.2, 0.25) is 0 Å². The van der Waals surface area contributed by atoms with Crippen LogP contribution >= 0.6 is 27.5 Å². The van der Waals surface area contributed by atoms with E-state index >= 15 is 0 Å². The van der Waals surface area contributed by atoms with Gasteiger partial charge in [-0.1, -0.05) is 27.5 Å². The van der Waals surface area contributed by atoms with Crippen LogP contribution in [-0.4, -0.2) is 16.4 Å². The Bertz CT molecular complexity index is 537. The Balaban J connectivity index is 1.92. The molecule has 0 N–H and O–H groups in total. The highest BCUT2D eigenvalue weighted by atomic mass is 79.9. The quantitative estimate of drug-likeness (QED) is 0.848. The van der Waals surface area contributed by atoms with Gasteiger partial charge in [-0.05, 0) is 38.1 Å². The Morgan fingerprint density at radius 3 is 2.50 bits per heavy atom. The van der Waals surface area contributed by atoms with Crippen LogP contribution in [0.25, 0.3) is 0 Å². The monoisotopic (exact) mass is 328 g/mol. The normalized spacial score (nSPS) is 10.7. The predicted octanol–water partition coefficient (Wildman–Crippen LogP) is 3.99. The third-order valence-corrected chi connectivity index (χ3v) is 3.75.